The largest absolute Gasteiger partial charge is 0.316 e. The van der Waals surface area contributed by atoms with E-state index in [0.717, 1.165) is 0 Å². The summed E-state index contributed by atoms with van der Waals surface area (Å²) in [6.45, 7) is 0. The Bertz CT molecular complexity index is 563. The predicted molar refractivity (Wildman–Crippen MR) is 44.0 cm³/mol. The van der Waals surface area contributed by atoms with Gasteiger partial charge < -0.3 is 0 Å². The highest BCUT2D eigenvalue weighted by Crippen LogP contribution is 2.09. The molecule has 0 aliphatic carbocycles. The SMILES string of the molecule is O=S(=O)=Nc1cnc2ccnn2c1. The van der Waals surface area contributed by atoms with Gasteiger partial charge in [-0.1, -0.05) is 0 Å². The van der Waals surface area contributed by atoms with Crippen LogP contribution in [0.3, 0.4) is 0 Å². The van der Waals surface area contributed by atoms with Crippen LogP contribution in [-0.2, 0) is 10.5 Å². The first-order valence-electron chi connectivity index (χ1n) is 3.36. The zero-order valence-electron chi connectivity index (χ0n) is 6.32. The predicted octanol–water partition coefficient (Wildman–Crippen LogP) is 0.423. The maximum Gasteiger partial charge on any atom is 0.316 e. The Hall–Kier alpha value is -1.76. The molecule has 0 saturated carbocycles. The minimum Gasteiger partial charge on any atom is -0.235 e. The summed E-state index contributed by atoms with van der Waals surface area (Å²) in [6.07, 6.45) is 4.42. The van der Waals surface area contributed by atoms with Crippen LogP contribution >= 0.6 is 0 Å². The van der Waals surface area contributed by atoms with E-state index in [9.17, 15) is 8.42 Å². The van der Waals surface area contributed by atoms with E-state index in [0.29, 0.717) is 5.65 Å². The van der Waals surface area contributed by atoms with Crippen LogP contribution in [0.2, 0.25) is 0 Å². The minimum atomic E-state index is -2.45. The summed E-state index contributed by atoms with van der Waals surface area (Å²) in [5, 5.41) is 3.88. The number of fused-ring (bicyclic) bond motifs is 1. The van der Waals surface area contributed by atoms with Gasteiger partial charge in [-0.3, -0.25) is 0 Å². The molecule has 6 nitrogen and oxygen atoms in total. The van der Waals surface area contributed by atoms with Crippen LogP contribution < -0.4 is 0 Å². The van der Waals surface area contributed by atoms with Crippen molar-refractivity contribution < 1.29 is 8.42 Å². The Balaban J connectivity index is 2.67. The van der Waals surface area contributed by atoms with Crippen LogP contribution in [0.4, 0.5) is 5.69 Å². The molecule has 0 fully saturated rings. The maximum atomic E-state index is 10.2. The quantitative estimate of drug-likeness (QED) is 0.662. The topological polar surface area (TPSA) is 76.7 Å². The van der Waals surface area contributed by atoms with E-state index < -0.39 is 10.5 Å². The summed E-state index contributed by atoms with van der Waals surface area (Å²) < 4.78 is 25.2. The molecule has 13 heavy (non-hydrogen) atoms. The Morgan fingerprint density at radius 2 is 2.31 bits per heavy atom. The summed E-state index contributed by atoms with van der Waals surface area (Å²) in [5.74, 6) is 0. The fourth-order valence-electron chi connectivity index (χ4n) is 0.933. The number of rotatable bonds is 1. The molecule has 2 rings (SSSR count). The van der Waals surface area contributed by atoms with Gasteiger partial charge in [0.05, 0.1) is 18.6 Å². The third kappa shape index (κ3) is 1.54. The Morgan fingerprint density at radius 1 is 1.46 bits per heavy atom. The standard InChI is InChI=1S/C6H4N4O2S/c11-13(12)9-5-3-7-6-1-2-8-10(6)4-5/h1-4H. The second kappa shape index (κ2) is 2.94. The Morgan fingerprint density at radius 3 is 3.08 bits per heavy atom. The lowest BCUT2D eigenvalue weighted by atomic mass is 10.5. The second-order valence-electron chi connectivity index (χ2n) is 2.25. The van der Waals surface area contributed by atoms with Gasteiger partial charge >= 0.3 is 10.5 Å². The summed E-state index contributed by atoms with van der Waals surface area (Å²) in [7, 11) is -2.45. The molecule has 0 bridgehead atoms. The van der Waals surface area contributed by atoms with E-state index in [1.54, 1.807) is 12.3 Å². The summed E-state index contributed by atoms with van der Waals surface area (Å²) in [4.78, 5) is 3.93. The zero-order chi connectivity index (χ0) is 9.26. The van der Waals surface area contributed by atoms with E-state index in [2.05, 4.69) is 14.4 Å². The Labute approximate surface area is 74.6 Å². The van der Waals surface area contributed by atoms with E-state index in [-0.39, 0.29) is 5.69 Å². The molecule has 0 aliphatic heterocycles. The smallest absolute Gasteiger partial charge is 0.235 e. The summed E-state index contributed by atoms with van der Waals surface area (Å²) in [5.41, 5.74) is 0.903. The monoisotopic (exact) mass is 196 g/mol. The summed E-state index contributed by atoms with van der Waals surface area (Å²) >= 11 is 0. The molecule has 2 heterocycles. The first-order valence-corrected chi connectivity index (χ1v) is 4.39. The highest BCUT2D eigenvalue weighted by Gasteiger charge is 1.95. The van der Waals surface area contributed by atoms with Crippen molar-refractivity contribution in [2.75, 3.05) is 0 Å². The van der Waals surface area contributed by atoms with Gasteiger partial charge in [0.25, 0.3) is 0 Å². The molecule has 0 aromatic carbocycles. The first kappa shape index (κ1) is 7.87. The molecule has 0 aliphatic rings. The van der Waals surface area contributed by atoms with Crippen molar-refractivity contribution in [1.29, 1.82) is 0 Å². The van der Waals surface area contributed by atoms with Gasteiger partial charge in [-0.15, -0.1) is 4.36 Å². The van der Waals surface area contributed by atoms with Gasteiger partial charge in [0, 0.05) is 6.07 Å². The first-order chi connectivity index (χ1) is 6.25. The highest BCUT2D eigenvalue weighted by molar-refractivity contribution is 7.61. The van der Waals surface area contributed by atoms with Crippen molar-refractivity contribution in [3.8, 4) is 0 Å². The molecule has 0 unspecified atom stereocenters. The highest BCUT2D eigenvalue weighted by atomic mass is 32.2. The Kier molecular flexibility index (Phi) is 1.78. The molecule has 7 heteroatoms. The third-order valence-electron chi connectivity index (χ3n) is 1.41. The van der Waals surface area contributed by atoms with Crippen LogP contribution in [0.25, 0.3) is 5.65 Å². The lowest BCUT2D eigenvalue weighted by Gasteiger charge is -1.91. The van der Waals surface area contributed by atoms with E-state index >= 15 is 0 Å². The molecule has 0 amide bonds. The maximum absolute atomic E-state index is 10.2. The third-order valence-corrected chi connectivity index (χ3v) is 1.77. The normalized spacial score (nSPS) is 10.2. The number of nitrogens with zero attached hydrogens (tertiary/aromatic N) is 4. The molecule has 66 valence electrons. The van der Waals surface area contributed by atoms with Gasteiger partial charge in [0.1, 0.15) is 5.69 Å². The van der Waals surface area contributed by atoms with Crippen molar-refractivity contribution in [2.24, 2.45) is 4.36 Å². The average Bonchev–Trinajstić information content (AvgIpc) is 2.49. The molecule has 0 atom stereocenters. The molecule has 0 spiro atoms. The van der Waals surface area contributed by atoms with Gasteiger partial charge in [0.2, 0.25) is 0 Å². The fraction of sp³-hybridized carbons (Fsp3) is 0. The van der Waals surface area contributed by atoms with Gasteiger partial charge in [-0.2, -0.15) is 13.5 Å². The van der Waals surface area contributed by atoms with Crippen molar-refractivity contribution in [2.45, 2.75) is 0 Å². The van der Waals surface area contributed by atoms with Gasteiger partial charge in [0.15, 0.2) is 5.65 Å². The average molecular weight is 196 g/mol. The molecule has 0 N–H and O–H groups in total. The van der Waals surface area contributed by atoms with E-state index in [4.69, 9.17) is 0 Å². The van der Waals surface area contributed by atoms with E-state index in [1.807, 2.05) is 0 Å². The lowest BCUT2D eigenvalue weighted by molar-refractivity contribution is 0.622. The van der Waals surface area contributed by atoms with Crippen LogP contribution in [0.15, 0.2) is 29.0 Å². The number of aromatic nitrogens is 3. The fourth-order valence-corrected chi connectivity index (χ4v) is 1.20. The molecule has 2 aromatic heterocycles. The van der Waals surface area contributed by atoms with Crippen molar-refractivity contribution in [3.05, 3.63) is 24.7 Å². The molecule has 2 aromatic rings. The van der Waals surface area contributed by atoms with Crippen molar-refractivity contribution >= 4 is 21.8 Å². The van der Waals surface area contributed by atoms with Crippen LogP contribution in [0.1, 0.15) is 0 Å². The second-order valence-corrected chi connectivity index (χ2v) is 2.87. The van der Waals surface area contributed by atoms with Crippen LogP contribution in [0, 0.1) is 0 Å². The lowest BCUT2D eigenvalue weighted by Crippen LogP contribution is -1.87. The summed E-state index contributed by atoms with van der Waals surface area (Å²) in [6, 6.07) is 1.71. The van der Waals surface area contributed by atoms with E-state index in [1.165, 1.54) is 16.9 Å². The molecule has 0 saturated heterocycles. The molecular weight excluding hydrogens is 192 g/mol. The minimum absolute atomic E-state index is 0.254. The molecular formula is C6H4N4O2S. The molecule has 0 radical (unpaired) electrons. The van der Waals surface area contributed by atoms with Crippen molar-refractivity contribution in [3.63, 3.8) is 0 Å². The van der Waals surface area contributed by atoms with Crippen molar-refractivity contribution in [1.82, 2.24) is 14.6 Å². The number of hydrogen-bond donors (Lipinski definition) is 0. The van der Waals surface area contributed by atoms with Gasteiger partial charge in [-0.05, 0) is 0 Å². The van der Waals surface area contributed by atoms with Crippen LogP contribution in [-0.4, -0.2) is 23.0 Å². The number of hydrogen-bond acceptors (Lipinski definition) is 5. The zero-order valence-corrected chi connectivity index (χ0v) is 7.14. The van der Waals surface area contributed by atoms with Gasteiger partial charge in [-0.25, -0.2) is 9.50 Å². The van der Waals surface area contributed by atoms with Crippen LogP contribution in [0.5, 0.6) is 0 Å².